The number of rotatable bonds is 2. The molecule has 4 rings (SSSR count). The van der Waals surface area contributed by atoms with E-state index in [0.717, 1.165) is 20.8 Å². The molecule has 1 aliphatic rings. The van der Waals surface area contributed by atoms with Crippen LogP contribution in [0.5, 0.6) is 0 Å². The number of hydrogen-bond acceptors (Lipinski definition) is 7. The number of carbonyl (C=O) groups excluding carboxylic acids is 2. The van der Waals surface area contributed by atoms with Crippen molar-refractivity contribution >= 4 is 50.0 Å². The van der Waals surface area contributed by atoms with Gasteiger partial charge in [-0.3, -0.25) is 10.1 Å². The van der Waals surface area contributed by atoms with Crippen LogP contribution in [0.15, 0.2) is 24.3 Å². The summed E-state index contributed by atoms with van der Waals surface area (Å²) in [5, 5.41) is 3.57. The standard InChI is InChI=1S/C16H14N4O3S2/c1-23-16(22)19-15-18-10-6-7-20(8-12(10)25-15)14(21)13-17-9-4-2-3-5-11(9)24-13/h2-5H,6-8H2,1H3,(H,18,19,22). The average molecular weight is 374 g/mol. The number of hydrogen-bond donors (Lipinski definition) is 1. The van der Waals surface area contributed by atoms with Crippen molar-refractivity contribution in [2.45, 2.75) is 13.0 Å². The monoisotopic (exact) mass is 374 g/mol. The van der Waals surface area contributed by atoms with Crippen molar-refractivity contribution in [3.63, 3.8) is 0 Å². The van der Waals surface area contributed by atoms with Crippen LogP contribution in [-0.4, -0.2) is 40.5 Å². The second-order valence-electron chi connectivity index (χ2n) is 5.47. The summed E-state index contributed by atoms with van der Waals surface area (Å²) in [5.41, 5.74) is 1.76. The molecule has 0 saturated heterocycles. The minimum absolute atomic E-state index is 0.0669. The van der Waals surface area contributed by atoms with Crippen LogP contribution < -0.4 is 5.32 Å². The first-order chi connectivity index (χ1) is 12.1. The van der Waals surface area contributed by atoms with E-state index in [0.29, 0.717) is 29.6 Å². The highest BCUT2D eigenvalue weighted by Gasteiger charge is 2.27. The van der Waals surface area contributed by atoms with Gasteiger partial charge in [-0.15, -0.1) is 11.3 Å². The quantitative estimate of drug-likeness (QED) is 0.745. The minimum Gasteiger partial charge on any atom is -0.453 e. The van der Waals surface area contributed by atoms with Gasteiger partial charge in [-0.05, 0) is 12.1 Å². The number of aromatic nitrogens is 2. The van der Waals surface area contributed by atoms with Gasteiger partial charge in [0.2, 0.25) is 0 Å². The van der Waals surface area contributed by atoms with Crippen molar-refractivity contribution < 1.29 is 14.3 Å². The van der Waals surface area contributed by atoms with E-state index in [9.17, 15) is 9.59 Å². The van der Waals surface area contributed by atoms with E-state index in [4.69, 9.17) is 0 Å². The Morgan fingerprint density at radius 3 is 2.88 bits per heavy atom. The maximum Gasteiger partial charge on any atom is 0.413 e. The number of methoxy groups -OCH3 is 1. The SMILES string of the molecule is COC(=O)Nc1nc2c(s1)CN(C(=O)c1nc3ccccc3s1)CC2. The molecule has 0 aliphatic carbocycles. The van der Waals surface area contributed by atoms with Gasteiger partial charge in [-0.1, -0.05) is 23.5 Å². The molecule has 3 aromatic rings. The Morgan fingerprint density at radius 2 is 2.08 bits per heavy atom. The summed E-state index contributed by atoms with van der Waals surface area (Å²) in [6.07, 6.45) is 0.110. The summed E-state index contributed by atoms with van der Waals surface area (Å²) in [7, 11) is 1.31. The summed E-state index contributed by atoms with van der Waals surface area (Å²) >= 11 is 2.78. The predicted molar refractivity (Wildman–Crippen MR) is 96.2 cm³/mol. The third-order valence-corrected chi connectivity index (χ3v) is 5.91. The Balaban J connectivity index is 1.53. The molecule has 0 fully saturated rings. The van der Waals surface area contributed by atoms with Crippen LogP contribution >= 0.6 is 22.7 Å². The van der Waals surface area contributed by atoms with Gasteiger partial charge in [0, 0.05) is 17.8 Å². The molecule has 0 saturated carbocycles. The number of para-hydroxylation sites is 1. The molecule has 128 valence electrons. The third-order valence-electron chi connectivity index (χ3n) is 3.89. The molecule has 0 atom stereocenters. The normalized spacial score (nSPS) is 13.6. The lowest BCUT2D eigenvalue weighted by Crippen LogP contribution is -2.35. The lowest BCUT2D eigenvalue weighted by Gasteiger charge is -2.25. The third kappa shape index (κ3) is 3.08. The topological polar surface area (TPSA) is 84.4 Å². The zero-order valence-electron chi connectivity index (χ0n) is 13.3. The molecular formula is C16H14N4O3S2. The molecule has 2 aromatic heterocycles. The van der Waals surface area contributed by atoms with E-state index in [1.807, 2.05) is 24.3 Å². The zero-order valence-corrected chi connectivity index (χ0v) is 14.9. The maximum absolute atomic E-state index is 12.8. The first-order valence-corrected chi connectivity index (χ1v) is 9.26. The zero-order chi connectivity index (χ0) is 17.4. The summed E-state index contributed by atoms with van der Waals surface area (Å²) in [5.74, 6) is -0.0669. The summed E-state index contributed by atoms with van der Waals surface area (Å²) in [6.45, 7) is 1.06. The lowest BCUT2D eigenvalue weighted by molar-refractivity contribution is 0.0736. The molecule has 2 amide bonds. The number of amides is 2. The van der Waals surface area contributed by atoms with Crippen molar-refractivity contribution in [2.24, 2.45) is 0 Å². The van der Waals surface area contributed by atoms with Gasteiger partial charge < -0.3 is 9.64 Å². The highest BCUT2D eigenvalue weighted by atomic mass is 32.1. The molecule has 1 aliphatic heterocycles. The molecule has 1 aromatic carbocycles. The Kier molecular flexibility index (Phi) is 4.10. The molecule has 25 heavy (non-hydrogen) atoms. The molecular weight excluding hydrogens is 360 g/mol. The minimum atomic E-state index is -0.548. The number of nitrogens with one attached hydrogen (secondary N) is 1. The van der Waals surface area contributed by atoms with Crippen molar-refractivity contribution in [1.82, 2.24) is 14.9 Å². The highest BCUT2D eigenvalue weighted by molar-refractivity contribution is 7.20. The van der Waals surface area contributed by atoms with Crippen LogP contribution in [0.25, 0.3) is 10.2 Å². The Bertz CT molecular complexity index is 932. The van der Waals surface area contributed by atoms with Gasteiger partial charge in [0.05, 0.1) is 29.6 Å². The predicted octanol–water partition coefficient (Wildman–Crippen LogP) is 3.13. The van der Waals surface area contributed by atoms with E-state index >= 15 is 0 Å². The fourth-order valence-corrected chi connectivity index (χ4v) is 4.60. The van der Waals surface area contributed by atoms with E-state index in [1.165, 1.54) is 29.8 Å². The van der Waals surface area contributed by atoms with Crippen molar-refractivity contribution in [3.05, 3.63) is 39.8 Å². The van der Waals surface area contributed by atoms with Gasteiger partial charge in [0.25, 0.3) is 5.91 Å². The van der Waals surface area contributed by atoms with Crippen LogP contribution in [0.1, 0.15) is 20.4 Å². The van der Waals surface area contributed by atoms with E-state index in [-0.39, 0.29) is 5.91 Å². The van der Waals surface area contributed by atoms with Gasteiger partial charge in [0.15, 0.2) is 10.1 Å². The lowest BCUT2D eigenvalue weighted by atomic mass is 10.2. The Morgan fingerprint density at radius 1 is 1.24 bits per heavy atom. The van der Waals surface area contributed by atoms with Gasteiger partial charge >= 0.3 is 6.09 Å². The molecule has 7 nitrogen and oxygen atoms in total. The van der Waals surface area contributed by atoms with Crippen LogP contribution in [0.2, 0.25) is 0 Å². The number of anilines is 1. The molecule has 1 N–H and O–H groups in total. The van der Waals surface area contributed by atoms with Crippen LogP contribution in [0.3, 0.4) is 0 Å². The molecule has 3 heterocycles. The summed E-state index contributed by atoms with van der Waals surface area (Å²) < 4.78 is 5.58. The van der Waals surface area contributed by atoms with Crippen molar-refractivity contribution in [3.8, 4) is 0 Å². The van der Waals surface area contributed by atoms with Gasteiger partial charge in [0.1, 0.15) is 0 Å². The van der Waals surface area contributed by atoms with Crippen molar-refractivity contribution in [2.75, 3.05) is 19.0 Å². The average Bonchev–Trinajstić information content (AvgIpc) is 3.23. The molecule has 0 spiro atoms. The van der Waals surface area contributed by atoms with E-state index in [2.05, 4.69) is 20.0 Å². The van der Waals surface area contributed by atoms with Crippen LogP contribution in [-0.2, 0) is 17.7 Å². The Hall–Kier alpha value is -2.52. The number of fused-ring (bicyclic) bond motifs is 2. The molecule has 0 unspecified atom stereocenters. The smallest absolute Gasteiger partial charge is 0.413 e. The summed E-state index contributed by atoms with van der Waals surface area (Å²) in [4.78, 5) is 35.7. The first-order valence-electron chi connectivity index (χ1n) is 7.62. The van der Waals surface area contributed by atoms with E-state index < -0.39 is 6.09 Å². The number of benzene rings is 1. The second-order valence-corrected chi connectivity index (χ2v) is 7.58. The first kappa shape index (κ1) is 16.0. The van der Waals surface area contributed by atoms with Crippen LogP contribution in [0, 0.1) is 0 Å². The fourth-order valence-electron chi connectivity index (χ4n) is 2.66. The number of thiazole rings is 2. The molecule has 9 heteroatoms. The molecule has 0 radical (unpaired) electrons. The van der Waals surface area contributed by atoms with Crippen LogP contribution in [0.4, 0.5) is 9.93 Å². The fraction of sp³-hybridized carbons (Fsp3) is 0.250. The Labute approximate surface area is 151 Å². The van der Waals surface area contributed by atoms with Gasteiger partial charge in [-0.25, -0.2) is 14.8 Å². The van der Waals surface area contributed by atoms with Crippen molar-refractivity contribution in [1.29, 1.82) is 0 Å². The maximum atomic E-state index is 12.8. The summed E-state index contributed by atoms with van der Waals surface area (Å²) in [6, 6.07) is 7.72. The second kappa shape index (κ2) is 6.41. The largest absolute Gasteiger partial charge is 0.453 e. The molecule has 0 bridgehead atoms. The number of nitrogens with zero attached hydrogens (tertiary/aromatic N) is 3. The van der Waals surface area contributed by atoms with E-state index in [1.54, 1.807) is 4.90 Å². The number of carbonyl (C=O) groups is 2. The highest BCUT2D eigenvalue weighted by Crippen LogP contribution is 2.30. The van der Waals surface area contributed by atoms with Gasteiger partial charge in [-0.2, -0.15) is 0 Å². The number of ether oxygens (including phenoxy) is 1.